The van der Waals surface area contributed by atoms with Crippen LogP contribution in [0.3, 0.4) is 0 Å². The van der Waals surface area contributed by atoms with E-state index in [9.17, 15) is 4.79 Å². The number of rotatable bonds is 6. The lowest BCUT2D eigenvalue weighted by molar-refractivity contribution is -0.119. The van der Waals surface area contributed by atoms with Gasteiger partial charge >= 0.3 is 0 Å². The Morgan fingerprint density at radius 1 is 1.33 bits per heavy atom. The van der Waals surface area contributed by atoms with Crippen molar-refractivity contribution in [3.8, 4) is 5.75 Å². The van der Waals surface area contributed by atoms with Gasteiger partial charge in [0.1, 0.15) is 5.75 Å². The normalized spacial score (nSPS) is 15.5. The summed E-state index contributed by atoms with van der Waals surface area (Å²) in [5.74, 6) is 1.46. The van der Waals surface area contributed by atoms with Gasteiger partial charge in [0.25, 0.3) is 0 Å². The van der Waals surface area contributed by atoms with E-state index in [1.54, 1.807) is 7.11 Å². The highest BCUT2D eigenvalue weighted by Crippen LogP contribution is 2.27. The van der Waals surface area contributed by atoms with Crippen LogP contribution in [0.5, 0.6) is 5.75 Å². The second-order valence-electron chi connectivity index (χ2n) is 5.51. The van der Waals surface area contributed by atoms with Crippen LogP contribution < -0.4 is 15.4 Å². The highest BCUT2D eigenvalue weighted by Gasteiger charge is 2.14. The zero-order valence-corrected chi connectivity index (χ0v) is 14.0. The summed E-state index contributed by atoms with van der Waals surface area (Å²) in [7, 11) is 1.63. The van der Waals surface area contributed by atoms with E-state index in [1.807, 2.05) is 18.2 Å². The number of benzene rings is 1. The second-order valence-corrected chi connectivity index (χ2v) is 6.36. The van der Waals surface area contributed by atoms with Crippen LogP contribution in [0.25, 0.3) is 0 Å². The Morgan fingerprint density at radius 2 is 2.10 bits per heavy atom. The van der Waals surface area contributed by atoms with E-state index in [1.165, 1.54) is 32.1 Å². The van der Waals surface area contributed by atoms with E-state index in [-0.39, 0.29) is 12.5 Å². The van der Waals surface area contributed by atoms with Crippen LogP contribution in [-0.2, 0) is 4.79 Å². The monoisotopic (exact) mass is 354 g/mol. The van der Waals surface area contributed by atoms with Crippen molar-refractivity contribution in [3.05, 3.63) is 22.7 Å². The maximum Gasteiger partial charge on any atom is 0.239 e. The molecular formula is C16H23BrN2O2. The molecule has 0 aliphatic heterocycles. The summed E-state index contributed by atoms with van der Waals surface area (Å²) in [5.41, 5.74) is 0.863. The molecule has 1 aliphatic rings. The van der Waals surface area contributed by atoms with Crippen LogP contribution >= 0.6 is 15.9 Å². The number of hydrogen-bond acceptors (Lipinski definition) is 3. The maximum atomic E-state index is 11.9. The van der Waals surface area contributed by atoms with E-state index in [0.29, 0.717) is 5.92 Å². The standard InChI is InChI=1S/C16H23BrN2O2/c1-21-13-7-8-14(17)15(9-13)18-11-16(20)19-10-12-5-3-2-4-6-12/h7-9,12,18H,2-6,10-11H2,1H3,(H,19,20). The first-order chi connectivity index (χ1) is 10.2. The number of halogens is 1. The number of carbonyl (C=O) groups is 1. The van der Waals surface area contributed by atoms with Gasteiger partial charge in [-0.1, -0.05) is 19.3 Å². The van der Waals surface area contributed by atoms with E-state index in [0.717, 1.165) is 22.5 Å². The van der Waals surface area contributed by atoms with E-state index in [4.69, 9.17) is 4.74 Å². The van der Waals surface area contributed by atoms with Gasteiger partial charge in [-0.05, 0) is 46.8 Å². The molecule has 0 unspecified atom stereocenters. The van der Waals surface area contributed by atoms with Gasteiger partial charge in [-0.25, -0.2) is 0 Å². The number of amides is 1. The first-order valence-electron chi connectivity index (χ1n) is 7.53. The number of hydrogen-bond donors (Lipinski definition) is 2. The number of ether oxygens (including phenoxy) is 1. The molecule has 1 aromatic rings. The Bertz CT molecular complexity index is 473. The summed E-state index contributed by atoms with van der Waals surface area (Å²) < 4.78 is 6.10. The molecule has 1 aliphatic carbocycles. The molecular weight excluding hydrogens is 332 g/mol. The van der Waals surface area contributed by atoms with Gasteiger partial charge in [0.15, 0.2) is 0 Å². The Labute approximate surface area is 134 Å². The first kappa shape index (κ1) is 16.1. The van der Waals surface area contributed by atoms with Gasteiger partial charge in [0.2, 0.25) is 5.91 Å². The molecule has 0 atom stereocenters. The van der Waals surface area contributed by atoms with Gasteiger partial charge in [0, 0.05) is 17.1 Å². The summed E-state index contributed by atoms with van der Waals surface area (Å²) in [6.07, 6.45) is 6.44. The second kappa shape index (κ2) is 8.27. The zero-order valence-electron chi connectivity index (χ0n) is 12.5. The predicted octanol–water partition coefficient (Wildman–Crippen LogP) is 3.57. The fourth-order valence-corrected chi connectivity index (χ4v) is 3.04. The van der Waals surface area contributed by atoms with Crippen molar-refractivity contribution in [1.82, 2.24) is 5.32 Å². The highest BCUT2D eigenvalue weighted by atomic mass is 79.9. The highest BCUT2D eigenvalue weighted by molar-refractivity contribution is 9.10. The summed E-state index contributed by atoms with van der Waals surface area (Å²) in [6.45, 7) is 1.08. The van der Waals surface area contributed by atoms with Crippen LogP contribution in [0.4, 0.5) is 5.69 Å². The lowest BCUT2D eigenvalue weighted by atomic mass is 9.89. The SMILES string of the molecule is COc1ccc(Br)c(NCC(=O)NCC2CCCCC2)c1. The van der Waals surface area contributed by atoms with Crippen molar-refractivity contribution in [3.63, 3.8) is 0 Å². The van der Waals surface area contributed by atoms with Crippen molar-refractivity contribution < 1.29 is 9.53 Å². The maximum absolute atomic E-state index is 11.9. The quantitative estimate of drug-likeness (QED) is 0.820. The van der Waals surface area contributed by atoms with Crippen molar-refractivity contribution in [1.29, 1.82) is 0 Å². The Morgan fingerprint density at radius 3 is 2.81 bits per heavy atom. The fourth-order valence-electron chi connectivity index (χ4n) is 2.65. The van der Waals surface area contributed by atoms with Gasteiger partial charge in [-0.15, -0.1) is 0 Å². The smallest absolute Gasteiger partial charge is 0.239 e. The third-order valence-corrected chi connectivity index (χ3v) is 4.62. The van der Waals surface area contributed by atoms with Crippen molar-refractivity contribution in [2.24, 2.45) is 5.92 Å². The zero-order chi connectivity index (χ0) is 15.1. The molecule has 1 fully saturated rings. The molecule has 0 radical (unpaired) electrons. The van der Waals surface area contributed by atoms with Gasteiger partial charge < -0.3 is 15.4 Å². The predicted molar refractivity (Wildman–Crippen MR) is 88.8 cm³/mol. The van der Waals surface area contributed by atoms with Gasteiger partial charge in [-0.3, -0.25) is 4.79 Å². The molecule has 4 nitrogen and oxygen atoms in total. The molecule has 0 heterocycles. The molecule has 116 valence electrons. The van der Waals surface area contributed by atoms with Crippen LogP contribution in [0, 0.1) is 5.92 Å². The molecule has 0 spiro atoms. The molecule has 21 heavy (non-hydrogen) atoms. The Balaban J connectivity index is 1.75. The summed E-state index contributed by atoms with van der Waals surface area (Å²) in [6, 6.07) is 5.65. The molecule has 2 rings (SSSR count). The largest absolute Gasteiger partial charge is 0.497 e. The van der Waals surface area contributed by atoms with Gasteiger partial charge in [0.05, 0.1) is 19.3 Å². The van der Waals surface area contributed by atoms with Crippen LogP contribution in [0.1, 0.15) is 32.1 Å². The molecule has 1 aromatic carbocycles. The number of nitrogens with one attached hydrogen (secondary N) is 2. The number of methoxy groups -OCH3 is 1. The topological polar surface area (TPSA) is 50.4 Å². The van der Waals surface area contributed by atoms with E-state index < -0.39 is 0 Å². The van der Waals surface area contributed by atoms with Crippen molar-refractivity contribution in [2.75, 3.05) is 25.5 Å². The minimum atomic E-state index is 0.0373. The third kappa shape index (κ3) is 5.23. The third-order valence-electron chi connectivity index (χ3n) is 3.93. The van der Waals surface area contributed by atoms with Crippen molar-refractivity contribution >= 4 is 27.5 Å². The molecule has 5 heteroatoms. The average molecular weight is 355 g/mol. The first-order valence-corrected chi connectivity index (χ1v) is 8.32. The minimum absolute atomic E-state index is 0.0373. The van der Waals surface area contributed by atoms with Crippen LogP contribution in [-0.4, -0.2) is 26.1 Å². The lowest BCUT2D eigenvalue weighted by Crippen LogP contribution is -2.34. The fraction of sp³-hybridized carbons (Fsp3) is 0.562. The molecule has 0 aromatic heterocycles. The van der Waals surface area contributed by atoms with Crippen molar-refractivity contribution in [2.45, 2.75) is 32.1 Å². The molecule has 0 bridgehead atoms. The Kier molecular flexibility index (Phi) is 6.36. The van der Waals surface area contributed by atoms with Crippen LogP contribution in [0.15, 0.2) is 22.7 Å². The summed E-state index contributed by atoms with van der Waals surface area (Å²) >= 11 is 3.46. The number of carbonyl (C=O) groups excluding carboxylic acids is 1. The van der Waals surface area contributed by atoms with E-state index >= 15 is 0 Å². The molecule has 1 amide bonds. The van der Waals surface area contributed by atoms with Crippen LogP contribution in [0.2, 0.25) is 0 Å². The molecule has 1 saturated carbocycles. The molecule has 2 N–H and O–H groups in total. The van der Waals surface area contributed by atoms with E-state index in [2.05, 4.69) is 26.6 Å². The number of anilines is 1. The summed E-state index contributed by atoms with van der Waals surface area (Å²) in [5, 5.41) is 6.16. The lowest BCUT2D eigenvalue weighted by Gasteiger charge is -2.21. The average Bonchev–Trinajstić information content (AvgIpc) is 2.53. The van der Waals surface area contributed by atoms with Gasteiger partial charge in [-0.2, -0.15) is 0 Å². The Hall–Kier alpha value is -1.23. The minimum Gasteiger partial charge on any atom is -0.497 e. The summed E-state index contributed by atoms with van der Waals surface area (Å²) in [4.78, 5) is 11.9. The molecule has 0 saturated heterocycles.